The molecule has 0 unspecified atom stereocenters. The van der Waals surface area contributed by atoms with Crippen LogP contribution in [0.3, 0.4) is 0 Å². The summed E-state index contributed by atoms with van der Waals surface area (Å²) < 4.78 is 5.97. The number of unbranched alkanes of at least 4 members (excludes halogenated alkanes) is 2. The van der Waals surface area contributed by atoms with Crippen LogP contribution in [0.5, 0.6) is 0 Å². The fourth-order valence-corrected chi connectivity index (χ4v) is 9.89. The van der Waals surface area contributed by atoms with E-state index in [1.807, 2.05) is 0 Å². The molecule has 0 bridgehead atoms. The molecule has 0 aliphatic heterocycles. The number of hydrogen-bond donors (Lipinski definition) is 0. The standard InChI is InChI=1S/C34H57ClO2/c1-7-8-9-13-31(35)32(36)37-26-18-20-33(5)25(22-26)14-15-27-29-17-16-28(24(4)12-10-11-23(2)3)34(29,6)21-19-30(27)33/h14,23-24,26-31H,7-13,15-22H2,1-6H3/t24-,26+,27-,28+,29-,30-,31+,33-,34+/m0/s1. The van der Waals surface area contributed by atoms with Crippen molar-refractivity contribution in [3.05, 3.63) is 11.6 Å². The highest BCUT2D eigenvalue weighted by atomic mass is 35.5. The Bertz CT molecular complexity index is 804. The minimum atomic E-state index is -0.483. The first-order chi connectivity index (χ1) is 17.6. The predicted octanol–water partition coefficient (Wildman–Crippen LogP) is 10.1. The number of halogens is 1. The quantitative estimate of drug-likeness (QED) is 0.114. The van der Waals surface area contributed by atoms with Crippen LogP contribution in [0.2, 0.25) is 0 Å². The van der Waals surface area contributed by atoms with Gasteiger partial charge in [-0.15, -0.1) is 11.6 Å². The third-order valence-electron chi connectivity index (χ3n) is 11.9. The van der Waals surface area contributed by atoms with Gasteiger partial charge >= 0.3 is 5.97 Å². The molecular formula is C34H57ClO2. The van der Waals surface area contributed by atoms with Gasteiger partial charge in [-0.1, -0.05) is 91.7 Å². The zero-order valence-corrected chi connectivity index (χ0v) is 25.8. The summed E-state index contributed by atoms with van der Waals surface area (Å²) in [6, 6.07) is 0. The Morgan fingerprint density at radius 2 is 1.78 bits per heavy atom. The van der Waals surface area contributed by atoms with Crippen molar-refractivity contribution in [1.82, 2.24) is 0 Å². The van der Waals surface area contributed by atoms with Gasteiger partial charge in [0.2, 0.25) is 0 Å². The molecule has 2 nitrogen and oxygen atoms in total. The van der Waals surface area contributed by atoms with Crippen molar-refractivity contribution < 1.29 is 9.53 Å². The second-order valence-electron chi connectivity index (χ2n) is 14.6. The molecule has 0 radical (unpaired) electrons. The van der Waals surface area contributed by atoms with Gasteiger partial charge in [0.15, 0.2) is 0 Å². The molecule has 37 heavy (non-hydrogen) atoms. The average molecular weight is 533 g/mol. The van der Waals surface area contributed by atoms with Crippen LogP contribution in [0.25, 0.3) is 0 Å². The van der Waals surface area contributed by atoms with Crippen LogP contribution in [0, 0.1) is 46.3 Å². The molecule has 3 fully saturated rings. The molecule has 0 amide bonds. The molecule has 0 aromatic rings. The van der Waals surface area contributed by atoms with Crippen LogP contribution in [0.4, 0.5) is 0 Å². The van der Waals surface area contributed by atoms with E-state index in [4.69, 9.17) is 16.3 Å². The minimum Gasteiger partial charge on any atom is -0.461 e. The molecule has 0 spiro atoms. The van der Waals surface area contributed by atoms with E-state index in [2.05, 4.69) is 47.6 Å². The molecule has 3 heteroatoms. The van der Waals surface area contributed by atoms with Crippen LogP contribution in [0.1, 0.15) is 138 Å². The molecule has 0 aromatic heterocycles. The first kappa shape index (κ1) is 29.5. The molecule has 0 heterocycles. The van der Waals surface area contributed by atoms with E-state index in [1.54, 1.807) is 5.57 Å². The lowest BCUT2D eigenvalue weighted by molar-refractivity contribution is -0.151. The fourth-order valence-electron chi connectivity index (χ4n) is 9.68. The van der Waals surface area contributed by atoms with Crippen LogP contribution in [0.15, 0.2) is 11.6 Å². The summed E-state index contributed by atoms with van der Waals surface area (Å²) in [6.07, 6.45) is 20.9. The number of esters is 1. The summed E-state index contributed by atoms with van der Waals surface area (Å²) >= 11 is 6.39. The van der Waals surface area contributed by atoms with Crippen molar-refractivity contribution in [2.45, 2.75) is 149 Å². The molecule has 4 rings (SSSR count). The number of ether oxygens (including phenoxy) is 1. The molecule has 0 aromatic carbocycles. The third kappa shape index (κ3) is 6.15. The van der Waals surface area contributed by atoms with Gasteiger partial charge in [-0.05, 0) is 97.7 Å². The van der Waals surface area contributed by atoms with E-state index < -0.39 is 5.38 Å². The molecule has 3 saturated carbocycles. The zero-order valence-electron chi connectivity index (χ0n) is 25.0. The van der Waals surface area contributed by atoms with E-state index >= 15 is 0 Å². The molecule has 0 N–H and O–H groups in total. The minimum absolute atomic E-state index is 0.0206. The van der Waals surface area contributed by atoms with Gasteiger partial charge < -0.3 is 4.74 Å². The maximum absolute atomic E-state index is 12.6. The van der Waals surface area contributed by atoms with Gasteiger partial charge in [-0.2, -0.15) is 0 Å². The molecule has 4 aliphatic rings. The van der Waals surface area contributed by atoms with Gasteiger partial charge in [-0.25, -0.2) is 0 Å². The number of allylic oxidation sites excluding steroid dienone is 1. The van der Waals surface area contributed by atoms with Crippen molar-refractivity contribution >= 4 is 17.6 Å². The Morgan fingerprint density at radius 1 is 1.00 bits per heavy atom. The van der Waals surface area contributed by atoms with Crippen molar-refractivity contribution in [3.8, 4) is 0 Å². The van der Waals surface area contributed by atoms with Crippen LogP contribution < -0.4 is 0 Å². The summed E-state index contributed by atoms with van der Waals surface area (Å²) in [7, 11) is 0. The van der Waals surface area contributed by atoms with Crippen LogP contribution in [-0.2, 0) is 9.53 Å². The lowest BCUT2D eigenvalue weighted by atomic mass is 9.47. The van der Waals surface area contributed by atoms with E-state index in [9.17, 15) is 4.79 Å². The Morgan fingerprint density at radius 3 is 2.51 bits per heavy atom. The summed E-state index contributed by atoms with van der Waals surface area (Å²) in [4.78, 5) is 12.6. The van der Waals surface area contributed by atoms with E-state index in [0.717, 1.165) is 74.0 Å². The lowest BCUT2D eigenvalue weighted by Crippen LogP contribution is -2.51. The number of alkyl halides is 1. The molecular weight excluding hydrogens is 476 g/mol. The summed E-state index contributed by atoms with van der Waals surface area (Å²) in [5, 5.41) is -0.483. The Hall–Kier alpha value is -0.500. The Balaban J connectivity index is 1.38. The molecule has 9 atom stereocenters. The SMILES string of the molecule is CCCCC[C@@H](Cl)C(=O)O[C@@H]1CC[C@@]2(C)C(=CC[C@H]3[C@@H]4CC[C@H]([C@@H](C)CCCC(C)C)[C@@]4(C)CC[C@@H]32)C1. The van der Waals surface area contributed by atoms with E-state index in [1.165, 1.54) is 57.8 Å². The Kier molecular flexibility index (Phi) is 9.84. The lowest BCUT2D eigenvalue weighted by Gasteiger charge is -2.58. The van der Waals surface area contributed by atoms with E-state index in [-0.39, 0.29) is 12.1 Å². The average Bonchev–Trinajstić information content (AvgIpc) is 3.21. The molecule has 0 saturated heterocycles. The maximum atomic E-state index is 12.6. The smallest absolute Gasteiger partial charge is 0.324 e. The molecule has 4 aliphatic carbocycles. The summed E-state index contributed by atoms with van der Waals surface area (Å²) in [5.74, 6) is 4.99. The van der Waals surface area contributed by atoms with Gasteiger partial charge in [-0.3, -0.25) is 4.79 Å². The van der Waals surface area contributed by atoms with E-state index in [0.29, 0.717) is 10.8 Å². The largest absolute Gasteiger partial charge is 0.461 e. The number of hydrogen-bond acceptors (Lipinski definition) is 2. The predicted molar refractivity (Wildman–Crippen MR) is 157 cm³/mol. The van der Waals surface area contributed by atoms with Crippen molar-refractivity contribution in [2.24, 2.45) is 46.3 Å². The first-order valence-electron chi connectivity index (χ1n) is 16.1. The first-order valence-corrected chi connectivity index (χ1v) is 16.6. The van der Waals surface area contributed by atoms with Gasteiger partial charge in [0.25, 0.3) is 0 Å². The number of rotatable bonds is 11. The summed E-state index contributed by atoms with van der Waals surface area (Å²) in [6.45, 7) is 14.7. The van der Waals surface area contributed by atoms with Crippen molar-refractivity contribution in [1.29, 1.82) is 0 Å². The van der Waals surface area contributed by atoms with Crippen LogP contribution in [-0.4, -0.2) is 17.5 Å². The highest BCUT2D eigenvalue weighted by molar-refractivity contribution is 6.29. The highest BCUT2D eigenvalue weighted by Gasteiger charge is 2.59. The second-order valence-corrected chi connectivity index (χ2v) is 15.1. The number of carbonyl (C=O) groups is 1. The fraction of sp³-hybridized carbons (Fsp3) is 0.912. The Labute approximate surface area is 234 Å². The summed E-state index contributed by atoms with van der Waals surface area (Å²) in [5.41, 5.74) is 2.44. The third-order valence-corrected chi connectivity index (χ3v) is 12.3. The molecule has 212 valence electrons. The zero-order chi connectivity index (χ0) is 26.8. The van der Waals surface area contributed by atoms with Gasteiger partial charge in [0, 0.05) is 6.42 Å². The maximum Gasteiger partial charge on any atom is 0.324 e. The highest BCUT2D eigenvalue weighted by Crippen LogP contribution is 2.67. The van der Waals surface area contributed by atoms with Crippen molar-refractivity contribution in [3.63, 3.8) is 0 Å². The van der Waals surface area contributed by atoms with Crippen molar-refractivity contribution in [2.75, 3.05) is 0 Å². The van der Waals surface area contributed by atoms with Gasteiger partial charge in [0.1, 0.15) is 11.5 Å². The second kappa shape index (κ2) is 12.3. The monoisotopic (exact) mass is 532 g/mol. The topological polar surface area (TPSA) is 26.3 Å². The number of fused-ring (bicyclic) bond motifs is 5. The van der Waals surface area contributed by atoms with Crippen LogP contribution >= 0.6 is 11.6 Å². The number of carbonyl (C=O) groups excluding carboxylic acids is 1. The van der Waals surface area contributed by atoms with Gasteiger partial charge in [0.05, 0.1) is 0 Å². The normalized spacial score (nSPS) is 38.8.